The highest BCUT2D eigenvalue weighted by Crippen LogP contribution is 2.10. The molecule has 0 aliphatic carbocycles. The van der Waals surface area contributed by atoms with Gasteiger partial charge in [-0.15, -0.1) is 4.37 Å². The van der Waals surface area contributed by atoms with Crippen LogP contribution in [0, 0.1) is 0 Å². The third-order valence-corrected chi connectivity index (χ3v) is 3.21. The average molecular weight is 286 g/mol. The summed E-state index contributed by atoms with van der Waals surface area (Å²) >= 11 is 1.02. The van der Waals surface area contributed by atoms with E-state index in [1.807, 2.05) is 0 Å². The van der Waals surface area contributed by atoms with Gasteiger partial charge >= 0.3 is 0 Å². The van der Waals surface area contributed by atoms with Crippen LogP contribution in [0.5, 0.6) is 5.88 Å². The molecule has 2 unspecified atom stereocenters. The second-order valence-corrected chi connectivity index (χ2v) is 4.72. The fourth-order valence-corrected chi connectivity index (χ4v) is 2.02. The molecule has 0 radical (unpaired) electrons. The van der Waals surface area contributed by atoms with E-state index < -0.39 is 12.1 Å². The number of likely N-dealkylation sites (tertiary alicyclic amines) is 1. The van der Waals surface area contributed by atoms with Crippen molar-refractivity contribution in [3.05, 3.63) is 6.20 Å². The molecule has 2 N–H and O–H groups in total. The number of aromatic nitrogens is 2. The highest BCUT2D eigenvalue weighted by molar-refractivity contribution is 6.99. The SMILES string of the molecule is CN1C(=O)CC(NCC(O)COc2cnsn2)C1=O. The number of carbonyl (C=O) groups excluding carboxylic acids is 2. The fraction of sp³-hybridized carbons (Fsp3) is 0.600. The summed E-state index contributed by atoms with van der Waals surface area (Å²) in [7, 11) is 1.45. The maximum Gasteiger partial charge on any atom is 0.246 e. The molecule has 1 aliphatic rings. The Morgan fingerprint density at radius 1 is 1.68 bits per heavy atom. The Morgan fingerprint density at radius 3 is 3.05 bits per heavy atom. The van der Waals surface area contributed by atoms with Crippen molar-refractivity contribution in [3.63, 3.8) is 0 Å². The van der Waals surface area contributed by atoms with Gasteiger partial charge in [-0.25, -0.2) is 0 Å². The maximum atomic E-state index is 11.6. The molecule has 2 amide bonds. The Labute approximate surface area is 113 Å². The molecule has 2 heterocycles. The summed E-state index contributed by atoms with van der Waals surface area (Å²) in [6.07, 6.45) is 0.785. The van der Waals surface area contributed by atoms with E-state index in [0.29, 0.717) is 5.88 Å². The van der Waals surface area contributed by atoms with Gasteiger partial charge in [0.2, 0.25) is 17.7 Å². The molecule has 1 aromatic rings. The van der Waals surface area contributed by atoms with Gasteiger partial charge in [0.1, 0.15) is 18.9 Å². The fourth-order valence-electron chi connectivity index (χ4n) is 1.65. The number of imide groups is 1. The van der Waals surface area contributed by atoms with Crippen LogP contribution in [0.25, 0.3) is 0 Å². The Morgan fingerprint density at radius 2 is 2.47 bits per heavy atom. The lowest BCUT2D eigenvalue weighted by atomic mass is 10.2. The number of likely N-dealkylation sites (N-methyl/N-ethyl adjacent to an activating group) is 1. The summed E-state index contributed by atoms with van der Waals surface area (Å²) in [5, 5.41) is 12.5. The van der Waals surface area contributed by atoms with Crippen molar-refractivity contribution in [1.29, 1.82) is 0 Å². The van der Waals surface area contributed by atoms with E-state index in [4.69, 9.17) is 4.74 Å². The standard InChI is InChI=1S/C10H14N4O4S/c1-14-9(16)2-7(10(14)17)11-3-6(15)5-18-8-4-12-19-13-8/h4,6-7,11,15H,2-3,5H2,1H3. The van der Waals surface area contributed by atoms with E-state index in [1.54, 1.807) is 0 Å². The summed E-state index contributed by atoms with van der Waals surface area (Å²) in [5.74, 6) is -0.139. The number of aliphatic hydroxyl groups is 1. The quantitative estimate of drug-likeness (QED) is 0.621. The molecule has 2 atom stereocenters. The number of nitrogens with one attached hydrogen (secondary N) is 1. The number of aliphatic hydroxyl groups excluding tert-OH is 1. The predicted octanol–water partition coefficient (Wildman–Crippen LogP) is -1.38. The molecule has 19 heavy (non-hydrogen) atoms. The molecule has 104 valence electrons. The molecular formula is C10H14N4O4S. The zero-order chi connectivity index (χ0) is 13.8. The van der Waals surface area contributed by atoms with Gasteiger partial charge in [0, 0.05) is 13.6 Å². The molecule has 2 rings (SSSR count). The van der Waals surface area contributed by atoms with Gasteiger partial charge in [-0.3, -0.25) is 14.5 Å². The van der Waals surface area contributed by atoms with Crippen LogP contribution in [-0.2, 0) is 9.59 Å². The Hall–Kier alpha value is -1.58. The van der Waals surface area contributed by atoms with E-state index in [2.05, 4.69) is 14.1 Å². The first-order valence-electron chi connectivity index (χ1n) is 5.70. The van der Waals surface area contributed by atoms with E-state index >= 15 is 0 Å². The van der Waals surface area contributed by atoms with Crippen LogP contribution in [0.15, 0.2) is 6.20 Å². The second kappa shape index (κ2) is 6.04. The van der Waals surface area contributed by atoms with Gasteiger partial charge in [-0.05, 0) is 0 Å². The first-order valence-corrected chi connectivity index (χ1v) is 6.43. The van der Waals surface area contributed by atoms with Crippen LogP contribution in [-0.4, -0.2) is 62.9 Å². The highest BCUT2D eigenvalue weighted by Gasteiger charge is 2.35. The molecular weight excluding hydrogens is 272 g/mol. The maximum absolute atomic E-state index is 11.6. The molecule has 0 saturated carbocycles. The van der Waals surface area contributed by atoms with Crippen molar-refractivity contribution >= 4 is 23.5 Å². The molecule has 9 heteroatoms. The minimum absolute atomic E-state index is 0.0448. The van der Waals surface area contributed by atoms with Crippen LogP contribution >= 0.6 is 11.7 Å². The summed E-state index contributed by atoms with van der Waals surface area (Å²) in [5.41, 5.74) is 0. The number of carbonyl (C=O) groups is 2. The lowest BCUT2D eigenvalue weighted by Gasteiger charge is -2.14. The summed E-state index contributed by atoms with van der Waals surface area (Å²) in [6.45, 7) is 0.207. The highest BCUT2D eigenvalue weighted by atomic mass is 32.1. The zero-order valence-electron chi connectivity index (χ0n) is 10.3. The smallest absolute Gasteiger partial charge is 0.246 e. The lowest BCUT2D eigenvalue weighted by molar-refractivity contribution is -0.137. The van der Waals surface area contributed by atoms with Gasteiger partial charge in [-0.1, -0.05) is 0 Å². The minimum Gasteiger partial charge on any atom is -0.473 e. The molecule has 1 fully saturated rings. The van der Waals surface area contributed by atoms with Gasteiger partial charge in [-0.2, -0.15) is 4.37 Å². The Kier molecular flexibility index (Phi) is 4.40. The van der Waals surface area contributed by atoms with Gasteiger partial charge in [0.15, 0.2) is 0 Å². The van der Waals surface area contributed by atoms with Crippen molar-refractivity contribution < 1.29 is 19.4 Å². The van der Waals surface area contributed by atoms with E-state index in [1.165, 1.54) is 13.2 Å². The average Bonchev–Trinajstić information content (AvgIpc) is 2.99. The number of rotatable bonds is 6. The molecule has 1 aliphatic heterocycles. The van der Waals surface area contributed by atoms with E-state index in [-0.39, 0.29) is 31.4 Å². The van der Waals surface area contributed by atoms with Crippen LogP contribution in [0.4, 0.5) is 0 Å². The molecule has 8 nitrogen and oxygen atoms in total. The minimum atomic E-state index is -0.796. The summed E-state index contributed by atoms with van der Waals surface area (Å²) in [6, 6.07) is -0.562. The molecule has 1 saturated heterocycles. The van der Waals surface area contributed by atoms with Crippen molar-refractivity contribution in [2.45, 2.75) is 18.6 Å². The molecule has 0 bridgehead atoms. The van der Waals surface area contributed by atoms with Crippen molar-refractivity contribution in [2.75, 3.05) is 20.2 Å². The summed E-state index contributed by atoms with van der Waals surface area (Å²) < 4.78 is 12.8. The lowest BCUT2D eigenvalue weighted by Crippen LogP contribution is -2.42. The van der Waals surface area contributed by atoms with Crippen LogP contribution in [0.2, 0.25) is 0 Å². The topological polar surface area (TPSA) is 105 Å². The Bertz CT molecular complexity index is 452. The van der Waals surface area contributed by atoms with E-state index in [0.717, 1.165) is 16.6 Å². The van der Waals surface area contributed by atoms with Crippen LogP contribution in [0.3, 0.4) is 0 Å². The third-order valence-electron chi connectivity index (χ3n) is 2.75. The Balaban J connectivity index is 1.70. The van der Waals surface area contributed by atoms with E-state index in [9.17, 15) is 14.7 Å². The van der Waals surface area contributed by atoms with Crippen molar-refractivity contribution in [1.82, 2.24) is 19.0 Å². The van der Waals surface area contributed by atoms with Crippen LogP contribution in [0.1, 0.15) is 6.42 Å². The monoisotopic (exact) mass is 286 g/mol. The van der Waals surface area contributed by atoms with Crippen molar-refractivity contribution in [3.8, 4) is 5.88 Å². The largest absolute Gasteiger partial charge is 0.473 e. The normalized spacial score (nSPS) is 20.9. The molecule has 0 spiro atoms. The van der Waals surface area contributed by atoms with Crippen LogP contribution < -0.4 is 10.1 Å². The molecule has 1 aromatic heterocycles. The zero-order valence-corrected chi connectivity index (χ0v) is 11.1. The number of amides is 2. The third kappa shape index (κ3) is 3.46. The number of hydrogen-bond acceptors (Lipinski definition) is 8. The van der Waals surface area contributed by atoms with Gasteiger partial charge in [0.05, 0.1) is 24.2 Å². The van der Waals surface area contributed by atoms with Gasteiger partial charge in [0.25, 0.3) is 0 Å². The van der Waals surface area contributed by atoms with Crippen molar-refractivity contribution in [2.24, 2.45) is 0 Å². The number of nitrogens with zero attached hydrogens (tertiary/aromatic N) is 3. The number of ether oxygens (including phenoxy) is 1. The molecule has 0 aromatic carbocycles. The second-order valence-electron chi connectivity index (χ2n) is 4.17. The predicted molar refractivity (Wildman–Crippen MR) is 65.6 cm³/mol. The van der Waals surface area contributed by atoms with Gasteiger partial charge < -0.3 is 15.2 Å². The number of hydrogen-bond donors (Lipinski definition) is 2. The first kappa shape index (κ1) is 13.8. The summed E-state index contributed by atoms with van der Waals surface area (Å²) in [4.78, 5) is 24.0. The first-order chi connectivity index (χ1) is 9.08.